The van der Waals surface area contributed by atoms with Crippen LogP contribution in [-0.4, -0.2) is 74.0 Å². The normalized spacial score (nSPS) is 19.4. The van der Waals surface area contributed by atoms with Gasteiger partial charge in [-0.3, -0.25) is 9.69 Å². The van der Waals surface area contributed by atoms with Crippen molar-refractivity contribution in [1.29, 1.82) is 0 Å². The minimum atomic E-state index is 0.00509. The lowest BCUT2D eigenvalue weighted by Gasteiger charge is -2.27. The molecule has 0 unspecified atom stereocenters. The summed E-state index contributed by atoms with van der Waals surface area (Å²) in [5.74, 6) is 2.40. The summed E-state index contributed by atoms with van der Waals surface area (Å²) in [6, 6.07) is 13.8. The van der Waals surface area contributed by atoms with Gasteiger partial charge >= 0.3 is 0 Å². The molecular formula is C25H30N4O4. The number of para-hydroxylation sites is 2. The Kier molecular flexibility index (Phi) is 6.20. The van der Waals surface area contributed by atoms with Crippen molar-refractivity contribution in [3.8, 4) is 11.5 Å². The van der Waals surface area contributed by atoms with Gasteiger partial charge in [0.05, 0.1) is 44.2 Å². The van der Waals surface area contributed by atoms with Crippen LogP contribution >= 0.6 is 0 Å². The average molecular weight is 451 g/mol. The van der Waals surface area contributed by atoms with Crippen molar-refractivity contribution < 1.29 is 19.0 Å². The number of carbonyl (C=O) groups excluding carboxylic acids is 1. The highest BCUT2D eigenvalue weighted by Gasteiger charge is 2.36. The zero-order chi connectivity index (χ0) is 22.8. The molecule has 0 bridgehead atoms. The number of hydrogen-bond acceptors (Lipinski definition) is 6. The van der Waals surface area contributed by atoms with Crippen LogP contribution in [0.5, 0.6) is 11.5 Å². The van der Waals surface area contributed by atoms with Gasteiger partial charge in [-0.2, -0.15) is 0 Å². The summed E-state index contributed by atoms with van der Waals surface area (Å²) >= 11 is 0. The number of ether oxygens (including phenoxy) is 3. The minimum absolute atomic E-state index is 0.00509. The lowest BCUT2D eigenvalue weighted by atomic mass is 10.1. The van der Waals surface area contributed by atoms with Gasteiger partial charge < -0.3 is 23.7 Å². The molecule has 0 aliphatic carbocycles. The molecular weight excluding hydrogens is 420 g/mol. The second-order valence-corrected chi connectivity index (χ2v) is 8.51. The van der Waals surface area contributed by atoms with E-state index in [0.29, 0.717) is 24.5 Å². The monoisotopic (exact) mass is 450 g/mol. The molecule has 2 aliphatic rings. The standard InChI is InChI=1S/C25H30N4O4/c1-31-19-7-8-23(32-2)22(16-19)29-17-18(15-24(29)30)25-26-20-5-3-4-6-21(20)28(25)10-9-27-11-13-33-14-12-27/h3-8,16,18H,9-15,17H2,1-2H3/t18-/m0/s1. The largest absolute Gasteiger partial charge is 0.497 e. The summed E-state index contributed by atoms with van der Waals surface area (Å²) in [4.78, 5) is 22.3. The molecule has 0 N–H and O–H groups in total. The zero-order valence-corrected chi connectivity index (χ0v) is 19.2. The van der Waals surface area contributed by atoms with Crippen molar-refractivity contribution in [2.24, 2.45) is 0 Å². The Bertz CT molecular complexity index is 1140. The van der Waals surface area contributed by atoms with E-state index < -0.39 is 0 Å². The van der Waals surface area contributed by atoms with Gasteiger partial charge in [0.25, 0.3) is 0 Å². The number of hydrogen-bond donors (Lipinski definition) is 0. The molecule has 0 saturated carbocycles. The molecule has 33 heavy (non-hydrogen) atoms. The number of methoxy groups -OCH3 is 2. The Morgan fingerprint density at radius 1 is 1.06 bits per heavy atom. The summed E-state index contributed by atoms with van der Waals surface area (Å²) in [6.07, 6.45) is 0.418. The summed E-state index contributed by atoms with van der Waals surface area (Å²) in [6.45, 7) is 5.80. The quantitative estimate of drug-likeness (QED) is 0.551. The number of anilines is 1. The van der Waals surface area contributed by atoms with E-state index in [1.807, 2.05) is 36.4 Å². The molecule has 3 heterocycles. The van der Waals surface area contributed by atoms with Gasteiger partial charge in [-0.15, -0.1) is 0 Å². The third-order valence-corrected chi connectivity index (χ3v) is 6.59. The Hall–Kier alpha value is -3.10. The second kappa shape index (κ2) is 9.41. The van der Waals surface area contributed by atoms with E-state index in [0.717, 1.165) is 61.9 Å². The predicted octanol–water partition coefficient (Wildman–Crippen LogP) is 2.91. The first-order valence-corrected chi connectivity index (χ1v) is 11.5. The molecule has 1 amide bonds. The number of morpholine rings is 1. The Morgan fingerprint density at radius 2 is 1.88 bits per heavy atom. The van der Waals surface area contributed by atoms with Crippen LogP contribution in [0.1, 0.15) is 18.2 Å². The number of benzene rings is 2. The molecule has 1 atom stereocenters. The number of amides is 1. The van der Waals surface area contributed by atoms with E-state index in [1.165, 1.54) is 0 Å². The van der Waals surface area contributed by atoms with Crippen LogP contribution in [0.2, 0.25) is 0 Å². The summed E-state index contributed by atoms with van der Waals surface area (Å²) in [7, 11) is 3.24. The molecule has 0 spiro atoms. The van der Waals surface area contributed by atoms with Crippen molar-refractivity contribution in [1.82, 2.24) is 14.5 Å². The molecule has 8 heteroatoms. The minimum Gasteiger partial charge on any atom is -0.497 e. The maximum Gasteiger partial charge on any atom is 0.227 e. The Morgan fingerprint density at radius 3 is 2.67 bits per heavy atom. The Balaban J connectivity index is 1.44. The van der Waals surface area contributed by atoms with Gasteiger partial charge in [-0.25, -0.2) is 4.98 Å². The number of nitrogens with zero attached hydrogens (tertiary/aromatic N) is 4. The van der Waals surface area contributed by atoms with Crippen LogP contribution in [0.15, 0.2) is 42.5 Å². The maximum absolute atomic E-state index is 13.1. The highest BCUT2D eigenvalue weighted by molar-refractivity contribution is 5.98. The van der Waals surface area contributed by atoms with Gasteiger partial charge in [0.15, 0.2) is 0 Å². The van der Waals surface area contributed by atoms with Crippen molar-refractivity contribution in [3.63, 3.8) is 0 Å². The van der Waals surface area contributed by atoms with Crippen molar-refractivity contribution in [3.05, 3.63) is 48.3 Å². The molecule has 2 fully saturated rings. The molecule has 2 aromatic carbocycles. The number of rotatable bonds is 7. The summed E-state index contributed by atoms with van der Waals surface area (Å²) in [5, 5.41) is 0. The van der Waals surface area contributed by atoms with Crippen LogP contribution in [0.25, 0.3) is 11.0 Å². The molecule has 0 radical (unpaired) electrons. The predicted molar refractivity (Wildman–Crippen MR) is 126 cm³/mol. The van der Waals surface area contributed by atoms with E-state index in [4.69, 9.17) is 19.2 Å². The molecule has 174 valence electrons. The summed E-state index contributed by atoms with van der Waals surface area (Å²) < 4.78 is 18.7. The Labute approximate surface area is 193 Å². The maximum atomic E-state index is 13.1. The molecule has 3 aromatic rings. The molecule has 5 rings (SSSR count). The zero-order valence-electron chi connectivity index (χ0n) is 19.2. The van der Waals surface area contributed by atoms with Gasteiger partial charge in [-0.1, -0.05) is 12.1 Å². The molecule has 2 saturated heterocycles. The lowest BCUT2D eigenvalue weighted by molar-refractivity contribution is -0.117. The van der Waals surface area contributed by atoms with E-state index in [2.05, 4.69) is 15.5 Å². The number of imidazole rings is 1. The second-order valence-electron chi connectivity index (χ2n) is 8.51. The van der Waals surface area contributed by atoms with E-state index in [-0.39, 0.29) is 11.8 Å². The fraction of sp³-hybridized carbons (Fsp3) is 0.440. The number of aromatic nitrogens is 2. The van der Waals surface area contributed by atoms with Crippen molar-refractivity contribution >= 4 is 22.6 Å². The van der Waals surface area contributed by atoms with Crippen LogP contribution in [0, 0.1) is 0 Å². The average Bonchev–Trinajstić information content (AvgIpc) is 3.43. The van der Waals surface area contributed by atoms with E-state index in [9.17, 15) is 4.79 Å². The number of carbonyl (C=O) groups is 1. The number of fused-ring (bicyclic) bond motifs is 1. The first-order chi connectivity index (χ1) is 16.2. The fourth-order valence-electron chi connectivity index (χ4n) is 4.83. The topological polar surface area (TPSA) is 69.1 Å². The fourth-order valence-corrected chi connectivity index (χ4v) is 4.83. The molecule has 1 aromatic heterocycles. The van der Waals surface area contributed by atoms with Crippen molar-refractivity contribution in [2.45, 2.75) is 18.9 Å². The first-order valence-electron chi connectivity index (χ1n) is 11.5. The van der Waals surface area contributed by atoms with Crippen LogP contribution < -0.4 is 14.4 Å². The van der Waals surface area contributed by atoms with Crippen molar-refractivity contribution in [2.75, 3.05) is 58.5 Å². The van der Waals surface area contributed by atoms with Crippen LogP contribution in [0.4, 0.5) is 5.69 Å². The third-order valence-electron chi connectivity index (χ3n) is 6.59. The highest BCUT2D eigenvalue weighted by atomic mass is 16.5. The smallest absolute Gasteiger partial charge is 0.227 e. The highest BCUT2D eigenvalue weighted by Crippen LogP contribution is 2.39. The van der Waals surface area contributed by atoms with Crippen LogP contribution in [0.3, 0.4) is 0 Å². The van der Waals surface area contributed by atoms with Gasteiger partial charge in [0.1, 0.15) is 17.3 Å². The summed E-state index contributed by atoms with van der Waals surface area (Å²) in [5.41, 5.74) is 2.82. The van der Waals surface area contributed by atoms with Gasteiger partial charge in [0.2, 0.25) is 5.91 Å². The molecule has 8 nitrogen and oxygen atoms in total. The SMILES string of the molecule is COc1ccc(OC)c(N2C[C@@H](c3nc4ccccc4n3CCN3CCOCC3)CC2=O)c1. The third kappa shape index (κ3) is 4.28. The molecule has 2 aliphatic heterocycles. The van der Waals surface area contributed by atoms with Crippen LogP contribution in [-0.2, 0) is 16.1 Å². The van der Waals surface area contributed by atoms with Gasteiger partial charge in [0, 0.05) is 51.1 Å². The van der Waals surface area contributed by atoms with Gasteiger partial charge in [-0.05, 0) is 24.3 Å². The van der Waals surface area contributed by atoms with E-state index >= 15 is 0 Å². The lowest BCUT2D eigenvalue weighted by Crippen LogP contribution is -2.38. The van der Waals surface area contributed by atoms with E-state index in [1.54, 1.807) is 19.1 Å². The first kappa shape index (κ1) is 21.7.